The van der Waals surface area contributed by atoms with E-state index in [-0.39, 0.29) is 5.69 Å². The number of carbonyl (C=O) groups excluding carboxylic acids is 1. The van der Waals surface area contributed by atoms with Gasteiger partial charge in [0.05, 0.1) is 6.42 Å². The van der Waals surface area contributed by atoms with E-state index in [0.29, 0.717) is 0 Å². The fourth-order valence-corrected chi connectivity index (χ4v) is 0.937. The smallest absolute Gasteiger partial charge is 0.326 e. The first-order valence-electron chi connectivity index (χ1n) is 4.16. The van der Waals surface area contributed by atoms with Crippen molar-refractivity contribution in [2.45, 2.75) is 12.5 Å². The Morgan fingerprint density at radius 1 is 1.44 bits per heavy atom. The van der Waals surface area contributed by atoms with Crippen LogP contribution in [0.15, 0.2) is 16.9 Å². The predicted octanol–water partition coefficient (Wildman–Crippen LogP) is -0.668. The van der Waals surface area contributed by atoms with Gasteiger partial charge in [-0.3, -0.25) is 9.59 Å². The molecule has 16 heavy (non-hydrogen) atoms. The van der Waals surface area contributed by atoms with Crippen molar-refractivity contribution in [3.05, 3.63) is 18.0 Å². The van der Waals surface area contributed by atoms with E-state index < -0.39 is 30.3 Å². The summed E-state index contributed by atoms with van der Waals surface area (Å²) in [6.45, 7) is 0. The lowest BCUT2D eigenvalue weighted by atomic mass is 10.2. The summed E-state index contributed by atoms with van der Waals surface area (Å²) in [6, 6.07) is -0.267. The van der Waals surface area contributed by atoms with Crippen molar-refractivity contribution in [1.82, 2.24) is 10.5 Å². The standard InChI is InChI=1S/C8H8N2O6/c11-6(12)3-5(8(14)15)9-7(13)4-1-2-16-10-4/h1-2,5H,3H2,(H,9,13)(H,11,12)(H,14,15)/t5-/m1/s1. The van der Waals surface area contributed by atoms with E-state index >= 15 is 0 Å². The van der Waals surface area contributed by atoms with Gasteiger partial charge in [0, 0.05) is 6.07 Å². The topological polar surface area (TPSA) is 130 Å². The fourth-order valence-electron chi connectivity index (χ4n) is 0.937. The molecule has 0 spiro atoms. The zero-order valence-electron chi connectivity index (χ0n) is 7.91. The molecule has 8 heteroatoms. The van der Waals surface area contributed by atoms with E-state index in [1.54, 1.807) is 0 Å². The molecule has 1 aromatic heterocycles. The number of aliphatic carboxylic acids is 2. The molecule has 0 aliphatic rings. The monoisotopic (exact) mass is 228 g/mol. The second-order valence-corrected chi connectivity index (χ2v) is 2.85. The third-order valence-corrected chi connectivity index (χ3v) is 1.65. The number of hydrogen-bond acceptors (Lipinski definition) is 5. The predicted molar refractivity (Wildman–Crippen MR) is 47.6 cm³/mol. The minimum Gasteiger partial charge on any atom is -0.481 e. The number of nitrogens with one attached hydrogen (secondary N) is 1. The van der Waals surface area contributed by atoms with Crippen molar-refractivity contribution < 1.29 is 29.1 Å². The van der Waals surface area contributed by atoms with Gasteiger partial charge in [-0.1, -0.05) is 5.16 Å². The summed E-state index contributed by atoms with van der Waals surface area (Å²) in [5, 5.41) is 22.4. The minimum atomic E-state index is -1.50. The lowest BCUT2D eigenvalue weighted by Crippen LogP contribution is -2.42. The maximum Gasteiger partial charge on any atom is 0.326 e. The molecule has 1 atom stereocenters. The fraction of sp³-hybridized carbons (Fsp3) is 0.250. The lowest BCUT2D eigenvalue weighted by Gasteiger charge is -2.10. The molecule has 86 valence electrons. The molecular formula is C8H8N2O6. The van der Waals surface area contributed by atoms with Gasteiger partial charge >= 0.3 is 11.9 Å². The first kappa shape index (κ1) is 11.7. The van der Waals surface area contributed by atoms with E-state index in [0.717, 1.165) is 6.26 Å². The summed E-state index contributed by atoms with van der Waals surface area (Å²) in [4.78, 5) is 32.3. The number of carboxylic acids is 2. The van der Waals surface area contributed by atoms with E-state index in [9.17, 15) is 14.4 Å². The van der Waals surface area contributed by atoms with Crippen LogP contribution in [0.25, 0.3) is 0 Å². The van der Waals surface area contributed by atoms with Crippen LogP contribution in [-0.2, 0) is 9.59 Å². The number of carboxylic acid groups (broad SMARTS) is 2. The van der Waals surface area contributed by atoms with Crippen molar-refractivity contribution in [1.29, 1.82) is 0 Å². The number of carbonyl (C=O) groups is 3. The van der Waals surface area contributed by atoms with Crippen molar-refractivity contribution in [3.8, 4) is 0 Å². The van der Waals surface area contributed by atoms with Crippen molar-refractivity contribution in [2.24, 2.45) is 0 Å². The number of hydrogen-bond donors (Lipinski definition) is 3. The van der Waals surface area contributed by atoms with E-state index in [1.807, 2.05) is 5.32 Å². The third kappa shape index (κ3) is 3.08. The van der Waals surface area contributed by atoms with Gasteiger partial charge in [-0.15, -0.1) is 0 Å². The van der Waals surface area contributed by atoms with Gasteiger partial charge in [0.25, 0.3) is 5.91 Å². The molecule has 3 N–H and O–H groups in total. The van der Waals surface area contributed by atoms with Crippen molar-refractivity contribution in [3.63, 3.8) is 0 Å². The molecule has 0 radical (unpaired) electrons. The van der Waals surface area contributed by atoms with Gasteiger partial charge in [-0.25, -0.2) is 4.79 Å². The molecule has 0 aliphatic heterocycles. The maximum absolute atomic E-state index is 11.3. The Bertz CT molecular complexity index is 399. The van der Waals surface area contributed by atoms with Crippen LogP contribution in [0.4, 0.5) is 0 Å². The van der Waals surface area contributed by atoms with E-state index in [2.05, 4.69) is 9.68 Å². The molecule has 0 aromatic carbocycles. The molecule has 0 unspecified atom stereocenters. The van der Waals surface area contributed by atoms with E-state index in [4.69, 9.17) is 10.2 Å². The zero-order valence-corrected chi connectivity index (χ0v) is 7.91. The Labute approximate surface area is 88.8 Å². The summed E-state index contributed by atoms with van der Waals surface area (Å²) in [5.41, 5.74) is -0.114. The van der Waals surface area contributed by atoms with Gasteiger partial charge in [-0.2, -0.15) is 0 Å². The van der Waals surface area contributed by atoms with Gasteiger partial charge in [0.1, 0.15) is 12.3 Å². The third-order valence-electron chi connectivity index (χ3n) is 1.65. The Morgan fingerprint density at radius 2 is 2.12 bits per heavy atom. The Kier molecular flexibility index (Phi) is 3.59. The highest BCUT2D eigenvalue weighted by Crippen LogP contribution is 1.98. The van der Waals surface area contributed by atoms with Gasteiger partial charge in [-0.05, 0) is 0 Å². The van der Waals surface area contributed by atoms with Crippen LogP contribution in [0.3, 0.4) is 0 Å². The number of rotatable bonds is 5. The van der Waals surface area contributed by atoms with Crippen LogP contribution in [0.1, 0.15) is 16.9 Å². The summed E-state index contributed by atoms with van der Waals surface area (Å²) < 4.78 is 4.38. The first-order chi connectivity index (χ1) is 7.50. The van der Waals surface area contributed by atoms with Crippen LogP contribution in [0.2, 0.25) is 0 Å². The first-order valence-corrected chi connectivity index (χ1v) is 4.16. The highest BCUT2D eigenvalue weighted by Gasteiger charge is 2.24. The van der Waals surface area contributed by atoms with Crippen LogP contribution in [0.5, 0.6) is 0 Å². The minimum absolute atomic E-state index is 0.114. The second-order valence-electron chi connectivity index (χ2n) is 2.85. The zero-order chi connectivity index (χ0) is 12.1. The molecule has 0 aliphatic carbocycles. The molecule has 8 nitrogen and oxygen atoms in total. The lowest BCUT2D eigenvalue weighted by molar-refractivity contribution is -0.145. The molecule has 0 fully saturated rings. The average Bonchev–Trinajstić information content (AvgIpc) is 2.68. The summed E-state index contributed by atoms with van der Waals surface area (Å²) in [7, 11) is 0. The van der Waals surface area contributed by atoms with Crippen molar-refractivity contribution in [2.75, 3.05) is 0 Å². The highest BCUT2D eigenvalue weighted by molar-refractivity contribution is 5.95. The molecule has 0 saturated heterocycles. The second kappa shape index (κ2) is 4.91. The quantitative estimate of drug-likeness (QED) is 0.609. The molecule has 0 bridgehead atoms. The Morgan fingerprint density at radius 3 is 2.56 bits per heavy atom. The van der Waals surface area contributed by atoms with Crippen LogP contribution < -0.4 is 5.32 Å². The van der Waals surface area contributed by atoms with Gasteiger partial charge < -0.3 is 20.1 Å². The number of amides is 1. The molecule has 0 saturated carbocycles. The van der Waals surface area contributed by atoms with Gasteiger partial charge in [0.15, 0.2) is 5.69 Å². The van der Waals surface area contributed by atoms with E-state index in [1.165, 1.54) is 6.07 Å². The van der Waals surface area contributed by atoms with Crippen LogP contribution >= 0.6 is 0 Å². The SMILES string of the molecule is O=C(O)C[C@@H](NC(=O)c1ccon1)C(=O)O. The molecular weight excluding hydrogens is 220 g/mol. The summed E-state index contributed by atoms with van der Waals surface area (Å²) in [6.07, 6.45) is 0.431. The normalized spacial score (nSPS) is 11.8. The van der Waals surface area contributed by atoms with Crippen molar-refractivity contribution >= 4 is 17.8 Å². The largest absolute Gasteiger partial charge is 0.481 e. The molecule has 1 amide bonds. The number of aromatic nitrogens is 1. The maximum atomic E-state index is 11.3. The number of nitrogens with zero attached hydrogens (tertiary/aromatic N) is 1. The molecule has 1 heterocycles. The van der Waals surface area contributed by atoms with Crippen LogP contribution in [0, 0.1) is 0 Å². The average molecular weight is 228 g/mol. The molecule has 1 rings (SSSR count). The summed E-state index contributed by atoms with van der Waals surface area (Å²) >= 11 is 0. The van der Waals surface area contributed by atoms with Crippen LogP contribution in [-0.4, -0.2) is 39.3 Å². The summed E-state index contributed by atoms with van der Waals surface area (Å²) in [5.74, 6) is -3.56. The van der Waals surface area contributed by atoms with Gasteiger partial charge in [0.2, 0.25) is 0 Å². The Balaban J connectivity index is 2.65. The highest BCUT2D eigenvalue weighted by atomic mass is 16.5. The molecule has 1 aromatic rings. The Hall–Kier alpha value is -2.38.